The third-order valence-electron chi connectivity index (χ3n) is 2.60. The van der Waals surface area contributed by atoms with Crippen LogP contribution in [0, 0.1) is 11.6 Å². The first kappa shape index (κ1) is 13.4. The third kappa shape index (κ3) is 2.71. The maximum atomic E-state index is 13.5. The van der Waals surface area contributed by atoms with Crippen LogP contribution in [-0.4, -0.2) is 17.9 Å². The zero-order chi connectivity index (χ0) is 14.0. The number of benzene rings is 1. The molecule has 0 fully saturated rings. The molecule has 0 saturated heterocycles. The molecule has 98 valence electrons. The predicted octanol–water partition coefficient (Wildman–Crippen LogP) is 3.29. The van der Waals surface area contributed by atoms with Crippen LogP contribution in [0.4, 0.5) is 14.5 Å². The van der Waals surface area contributed by atoms with Crippen LogP contribution in [0.5, 0.6) is 0 Å². The van der Waals surface area contributed by atoms with Gasteiger partial charge in [-0.15, -0.1) is 0 Å². The first-order chi connectivity index (χ1) is 9.00. The van der Waals surface area contributed by atoms with Gasteiger partial charge in [0.15, 0.2) is 5.82 Å². The Bertz CT molecular complexity index is 634. The molecule has 0 saturated carbocycles. The van der Waals surface area contributed by atoms with E-state index < -0.39 is 17.5 Å². The van der Waals surface area contributed by atoms with Crippen LogP contribution < -0.4 is 4.90 Å². The largest absolute Gasteiger partial charge is 0.311 e. The second kappa shape index (κ2) is 5.32. The topological polar surface area (TPSA) is 33.2 Å². The van der Waals surface area contributed by atoms with Crippen LogP contribution >= 0.6 is 11.6 Å². The lowest BCUT2D eigenvalue weighted by Gasteiger charge is -2.18. The molecule has 0 N–H and O–H groups in total. The number of aromatic nitrogens is 1. The Morgan fingerprint density at radius 2 is 2.00 bits per heavy atom. The van der Waals surface area contributed by atoms with Gasteiger partial charge in [-0.05, 0) is 24.3 Å². The van der Waals surface area contributed by atoms with Gasteiger partial charge in [-0.1, -0.05) is 11.6 Å². The normalized spacial score (nSPS) is 10.3. The van der Waals surface area contributed by atoms with Crippen LogP contribution in [0.25, 0.3) is 0 Å². The van der Waals surface area contributed by atoms with E-state index >= 15 is 0 Å². The number of nitrogens with zero attached hydrogens (tertiary/aromatic N) is 2. The zero-order valence-electron chi connectivity index (χ0n) is 9.90. The van der Waals surface area contributed by atoms with E-state index in [1.165, 1.54) is 36.3 Å². The summed E-state index contributed by atoms with van der Waals surface area (Å²) in [4.78, 5) is 16.8. The Balaban J connectivity index is 2.34. The summed E-state index contributed by atoms with van der Waals surface area (Å²) in [6, 6.07) is 5.11. The van der Waals surface area contributed by atoms with E-state index in [0.29, 0.717) is 5.69 Å². The van der Waals surface area contributed by atoms with Gasteiger partial charge in [0.05, 0.1) is 16.8 Å². The lowest BCUT2D eigenvalue weighted by atomic mass is 10.2. The number of anilines is 1. The molecule has 0 aliphatic rings. The molecule has 0 aliphatic carbocycles. The van der Waals surface area contributed by atoms with Crippen molar-refractivity contribution in [2.45, 2.75) is 0 Å². The minimum Gasteiger partial charge on any atom is -0.311 e. The molecule has 0 aliphatic heterocycles. The summed E-state index contributed by atoms with van der Waals surface area (Å²) in [6.45, 7) is 0. The molecule has 0 bridgehead atoms. The highest BCUT2D eigenvalue weighted by atomic mass is 35.5. The molecule has 1 aromatic heterocycles. The van der Waals surface area contributed by atoms with E-state index in [1.807, 2.05) is 0 Å². The second-order valence-corrected chi connectivity index (χ2v) is 4.23. The fourth-order valence-electron chi connectivity index (χ4n) is 1.54. The molecule has 2 rings (SSSR count). The van der Waals surface area contributed by atoms with Crippen LogP contribution in [0.15, 0.2) is 36.7 Å². The first-order valence-corrected chi connectivity index (χ1v) is 5.71. The van der Waals surface area contributed by atoms with Crippen molar-refractivity contribution in [3.05, 3.63) is 58.9 Å². The Hall–Kier alpha value is -2.01. The maximum Gasteiger partial charge on any atom is 0.261 e. The van der Waals surface area contributed by atoms with Gasteiger partial charge in [0.25, 0.3) is 5.91 Å². The monoisotopic (exact) mass is 282 g/mol. The fourth-order valence-corrected chi connectivity index (χ4v) is 1.72. The number of amides is 1. The van der Waals surface area contributed by atoms with Gasteiger partial charge < -0.3 is 4.90 Å². The molecule has 0 spiro atoms. The van der Waals surface area contributed by atoms with Crippen LogP contribution in [0.3, 0.4) is 0 Å². The molecule has 1 aromatic carbocycles. The van der Waals surface area contributed by atoms with Crippen molar-refractivity contribution in [3.8, 4) is 0 Å². The van der Waals surface area contributed by atoms with Gasteiger partial charge in [-0.25, -0.2) is 8.78 Å². The standard InChI is InChI=1S/C13H9ClF2N2O/c1-18(8-2-3-11(15)10(14)6-8)13(19)9-4-5-17-7-12(9)16/h2-7H,1H3. The summed E-state index contributed by atoms with van der Waals surface area (Å²) >= 11 is 5.64. The highest BCUT2D eigenvalue weighted by Crippen LogP contribution is 2.23. The molecule has 1 heterocycles. The van der Waals surface area contributed by atoms with Crippen LogP contribution in [0.2, 0.25) is 5.02 Å². The molecule has 1 amide bonds. The Morgan fingerprint density at radius 3 is 2.63 bits per heavy atom. The molecule has 19 heavy (non-hydrogen) atoms. The molecule has 6 heteroatoms. The van der Waals surface area contributed by atoms with Gasteiger partial charge >= 0.3 is 0 Å². The van der Waals surface area contributed by atoms with Crippen LogP contribution in [0.1, 0.15) is 10.4 Å². The minimum atomic E-state index is -0.715. The SMILES string of the molecule is CN(C(=O)c1ccncc1F)c1ccc(F)c(Cl)c1. The molecule has 3 nitrogen and oxygen atoms in total. The highest BCUT2D eigenvalue weighted by Gasteiger charge is 2.18. The number of rotatable bonds is 2. The number of hydrogen-bond acceptors (Lipinski definition) is 2. The van der Waals surface area contributed by atoms with Gasteiger partial charge in [0.1, 0.15) is 5.82 Å². The van der Waals surface area contributed by atoms with Gasteiger partial charge in [-0.3, -0.25) is 9.78 Å². The third-order valence-corrected chi connectivity index (χ3v) is 2.89. The number of pyridine rings is 1. The number of carbonyl (C=O) groups excluding carboxylic acids is 1. The maximum absolute atomic E-state index is 13.5. The summed E-state index contributed by atoms with van der Waals surface area (Å²) in [5.41, 5.74) is 0.255. The molecule has 0 radical (unpaired) electrons. The number of hydrogen-bond donors (Lipinski definition) is 0. The Labute approximate surface area is 113 Å². The van der Waals surface area contributed by atoms with Crippen molar-refractivity contribution in [3.63, 3.8) is 0 Å². The highest BCUT2D eigenvalue weighted by molar-refractivity contribution is 6.31. The molecular weight excluding hydrogens is 274 g/mol. The molecular formula is C13H9ClF2N2O. The van der Waals surface area contributed by atoms with Gasteiger partial charge in [0.2, 0.25) is 0 Å². The van der Waals surface area contributed by atoms with E-state index in [2.05, 4.69) is 4.98 Å². The smallest absolute Gasteiger partial charge is 0.261 e. The number of halogens is 3. The molecule has 0 atom stereocenters. The van der Waals surface area contributed by atoms with E-state index in [1.54, 1.807) is 0 Å². The summed E-state index contributed by atoms with van der Waals surface area (Å²) in [6.07, 6.45) is 2.28. The van der Waals surface area contributed by atoms with E-state index in [4.69, 9.17) is 11.6 Å². The number of carbonyl (C=O) groups is 1. The van der Waals surface area contributed by atoms with Crippen molar-refractivity contribution in [1.82, 2.24) is 4.98 Å². The summed E-state index contributed by atoms with van der Waals surface area (Å²) in [5, 5.41) is -0.104. The van der Waals surface area contributed by atoms with Crippen molar-refractivity contribution in [2.75, 3.05) is 11.9 Å². The Kier molecular flexibility index (Phi) is 3.76. The van der Waals surface area contributed by atoms with Gasteiger partial charge in [-0.2, -0.15) is 0 Å². The lowest BCUT2D eigenvalue weighted by Crippen LogP contribution is -2.27. The van der Waals surface area contributed by atoms with Gasteiger partial charge in [0, 0.05) is 18.9 Å². The van der Waals surface area contributed by atoms with Crippen molar-refractivity contribution in [1.29, 1.82) is 0 Å². The summed E-state index contributed by atoms with van der Waals surface area (Å²) in [7, 11) is 1.45. The van der Waals surface area contributed by atoms with Crippen LogP contribution in [-0.2, 0) is 0 Å². The van der Waals surface area contributed by atoms with E-state index in [9.17, 15) is 13.6 Å². The van der Waals surface area contributed by atoms with E-state index in [-0.39, 0.29) is 10.6 Å². The fraction of sp³-hybridized carbons (Fsp3) is 0.0769. The van der Waals surface area contributed by atoms with Crippen molar-refractivity contribution in [2.24, 2.45) is 0 Å². The predicted molar refractivity (Wildman–Crippen MR) is 68.3 cm³/mol. The minimum absolute atomic E-state index is 0.104. The first-order valence-electron chi connectivity index (χ1n) is 5.33. The Morgan fingerprint density at radius 1 is 1.26 bits per heavy atom. The average Bonchev–Trinajstić information content (AvgIpc) is 2.41. The second-order valence-electron chi connectivity index (χ2n) is 3.82. The quantitative estimate of drug-likeness (QED) is 0.847. The summed E-state index contributed by atoms with van der Waals surface area (Å²) < 4.78 is 26.5. The van der Waals surface area contributed by atoms with Crippen molar-refractivity contribution < 1.29 is 13.6 Å². The zero-order valence-corrected chi connectivity index (χ0v) is 10.7. The van der Waals surface area contributed by atoms with Crippen molar-refractivity contribution >= 4 is 23.2 Å². The average molecular weight is 283 g/mol. The molecule has 2 aromatic rings. The molecule has 0 unspecified atom stereocenters. The van der Waals surface area contributed by atoms with E-state index in [0.717, 1.165) is 12.3 Å². The lowest BCUT2D eigenvalue weighted by molar-refractivity contribution is 0.0989. The summed E-state index contributed by atoms with van der Waals surface area (Å²) in [5.74, 6) is -1.86.